The van der Waals surface area contributed by atoms with Crippen LogP contribution in [0.15, 0.2) is 24.4 Å². The number of ether oxygens (including phenoxy) is 1. The summed E-state index contributed by atoms with van der Waals surface area (Å²) >= 11 is 12.2. The Bertz CT molecular complexity index is 873. The van der Waals surface area contributed by atoms with Gasteiger partial charge in [-0.15, -0.1) is 0 Å². The van der Waals surface area contributed by atoms with E-state index in [1.807, 2.05) is 0 Å². The number of nitrogens with zero attached hydrogens (tertiary/aromatic N) is 1. The van der Waals surface area contributed by atoms with Crippen molar-refractivity contribution in [1.82, 2.24) is 10.3 Å². The van der Waals surface area contributed by atoms with Gasteiger partial charge in [-0.1, -0.05) is 42.5 Å². The van der Waals surface area contributed by atoms with E-state index in [9.17, 15) is 9.18 Å². The first-order valence-corrected chi connectivity index (χ1v) is 9.99. The predicted molar refractivity (Wildman–Crippen MR) is 108 cm³/mol. The third-order valence-corrected chi connectivity index (χ3v) is 5.59. The molecule has 1 fully saturated rings. The highest BCUT2D eigenvalue weighted by Gasteiger charge is 2.21. The molecule has 1 aliphatic rings. The molecule has 1 unspecified atom stereocenters. The van der Waals surface area contributed by atoms with Crippen molar-refractivity contribution in [2.75, 3.05) is 5.73 Å². The van der Waals surface area contributed by atoms with Crippen LogP contribution in [0.1, 0.15) is 61.1 Å². The summed E-state index contributed by atoms with van der Waals surface area (Å²) in [6.45, 7) is 1.67. The van der Waals surface area contributed by atoms with Crippen molar-refractivity contribution in [3.05, 3.63) is 51.4 Å². The number of halogens is 3. The van der Waals surface area contributed by atoms with Crippen LogP contribution >= 0.6 is 23.2 Å². The number of hydrogen-bond acceptors (Lipinski definition) is 4. The molecule has 1 atom stereocenters. The zero-order valence-corrected chi connectivity index (χ0v) is 17.0. The molecule has 1 saturated carbocycles. The van der Waals surface area contributed by atoms with Crippen LogP contribution in [0.5, 0.6) is 5.75 Å². The number of nitrogens with one attached hydrogen (secondary N) is 1. The van der Waals surface area contributed by atoms with Gasteiger partial charge >= 0.3 is 0 Å². The second kappa shape index (κ2) is 8.97. The molecule has 0 radical (unpaired) electrons. The van der Waals surface area contributed by atoms with E-state index in [4.69, 9.17) is 33.7 Å². The Morgan fingerprint density at radius 3 is 2.75 bits per heavy atom. The Balaban J connectivity index is 1.78. The van der Waals surface area contributed by atoms with Gasteiger partial charge in [0.25, 0.3) is 5.91 Å². The lowest BCUT2D eigenvalue weighted by atomic mass is 9.95. The van der Waals surface area contributed by atoms with Crippen molar-refractivity contribution in [3.63, 3.8) is 0 Å². The highest BCUT2D eigenvalue weighted by molar-refractivity contribution is 6.36. The van der Waals surface area contributed by atoms with Gasteiger partial charge in [-0.25, -0.2) is 9.37 Å². The molecule has 1 amide bonds. The summed E-state index contributed by atoms with van der Waals surface area (Å²) in [5.74, 6) is -0.494. The van der Waals surface area contributed by atoms with E-state index in [0.717, 1.165) is 25.7 Å². The molecule has 8 heteroatoms. The maximum atomic E-state index is 13.8. The minimum absolute atomic E-state index is 0.113. The first-order valence-electron chi connectivity index (χ1n) is 9.23. The number of nitrogens with two attached hydrogens (primary N) is 1. The molecule has 3 rings (SSSR count). The molecule has 5 nitrogen and oxygen atoms in total. The lowest BCUT2D eigenvalue weighted by Crippen LogP contribution is -2.36. The van der Waals surface area contributed by atoms with Gasteiger partial charge in [-0.3, -0.25) is 4.79 Å². The van der Waals surface area contributed by atoms with Crippen LogP contribution in [0, 0.1) is 5.82 Å². The van der Waals surface area contributed by atoms with Crippen LogP contribution in [-0.4, -0.2) is 16.9 Å². The van der Waals surface area contributed by atoms with Gasteiger partial charge in [-0.05, 0) is 38.0 Å². The maximum Gasteiger partial charge on any atom is 0.253 e. The summed E-state index contributed by atoms with van der Waals surface area (Å²) in [5.41, 5.74) is 6.55. The van der Waals surface area contributed by atoms with Gasteiger partial charge in [0.2, 0.25) is 0 Å². The van der Waals surface area contributed by atoms with Gasteiger partial charge in [0, 0.05) is 22.8 Å². The van der Waals surface area contributed by atoms with Gasteiger partial charge in [0.05, 0.1) is 10.6 Å². The molecular weight excluding hydrogens is 404 g/mol. The summed E-state index contributed by atoms with van der Waals surface area (Å²) < 4.78 is 19.6. The van der Waals surface area contributed by atoms with E-state index in [-0.39, 0.29) is 33.6 Å². The number of hydrogen-bond donors (Lipinski definition) is 2. The first kappa shape index (κ1) is 20.7. The van der Waals surface area contributed by atoms with Crippen LogP contribution in [0.4, 0.5) is 10.2 Å². The third-order valence-electron chi connectivity index (χ3n) is 4.87. The van der Waals surface area contributed by atoms with Crippen molar-refractivity contribution >= 4 is 34.9 Å². The predicted octanol–water partition coefficient (Wildman–Crippen LogP) is 5.31. The Kier molecular flexibility index (Phi) is 6.62. The molecule has 0 bridgehead atoms. The first-order chi connectivity index (χ1) is 13.4. The van der Waals surface area contributed by atoms with E-state index in [1.165, 1.54) is 30.8 Å². The van der Waals surface area contributed by atoms with E-state index in [2.05, 4.69) is 10.3 Å². The second-order valence-corrected chi connectivity index (χ2v) is 7.72. The van der Waals surface area contributed by atoms with Gasteiger partial charge in [-0.2, -0.15) is 0 Å². The Labute approximate surface area is 173 Å². The average molecular weight is 426 g/mol. The Hall–Kier alpha value is -2.05. The molecule has 1 aromatic carbocycles. The number of rotatable bonds is 5. The number of carbonyl (C=O) groups excluding carboxylic acids is 1. The van der Waals surface area contributed by atoms with E-state index < -0.39 is 11.9 Å². The summed E-state index contributed by atoms with van der Waals surface area (Å²) in [6.07, 6.45) is 6.11. The topological polar surface area (TPSA) is 77.2 Å². The molecule has 1 heterocycles. The lowest BCUT2D eigenvalue weighted by Gasteiger charge is -2.23. The zero-order chi connectivity index (χ0) is 20.3. The molecule has 1 aliphatic carbocycles. The molecule has 3 N–H and O–H groups in total. The van der Waals surface area contributed by atoms with E-state index in [0.29, 0.717) is 11.1 Å². The molecule has 0 saturated heterocycles. The van der Waals surface area contributed by atoms with Crippen molar-refractivity contribution in [2.24, 2.45) is 0 Å². The second-order valence-electron chi connectivity index (χ2n) is 6.93. The number of nitrogen functional groups attached to an aromatic ring is 1. The Morgan fingerprint density at radius 1 is 1.32 bits per heavy atom. The fourth-order valence-corrected chi connectivity index (χ4v) is 4.03. The monoisotopic (exact) mass is 425 g/mol. The molecular formula is C20H22Cl2FN3O2. The van der Waals surface area contributed by atoms with Crippen molar-refractivity contribution in [3.8, 4) is 5.75 Å². The van der Waals surface area contributed by atoms with Crippen LogP contribution < -0.4 is 15.8 Å². The number of anilines is 1. The van der Waals surface area contributed by atoms with E-state index in [1.54, 1.807) is 6.92 Å². The smallest absolute Gasteiger partial charge is 0.253 e. The number of carbonyl (C=O) groups is 1. The SMILES string of the molecule is CC(Oc1cc(C(=O)NC2CCCCC2)cnc1N)c1c(Cl)ccc(F)c1Cl. The van der Waals surface area contributed by atoms with E-state index >= 15 is 0 Å². The minimum atomic E-state index is -0.698. The average Bonchev–Trinajstić information content (AvgIpc) is 2.67. The molecule has 0 aliphatic heterocycles. The highest BCUT2D eigenvalue weighted by atomic mass is 35.5. The van der Waals surface area contributed by atoms with Crippen LogP contribution in [-0.2, 0) is 0 Å². The molecule has 2 aromatic rings. The fourth-order valence-electron chi connectivity index (χ4n) is 3.35. The van der Waals surface area contributed by atoms with Crippen molar-refractivity contribution in [1.29, 1.82) is 0 Å². The quantitative estimate of drug-likeness (QED) is 0.635. The molecule has 28 heavy (non-hydrogen) atoms. The third kappa shape index (κ3) is 4.67. The van der Waals surface area contributed by atoms with Crippen LogP contribution in [0.25, 0.3) is 0 Å². The largest absolute Gasteiger partial charge is 0.482 e. The van der Waals surface area contributed by atoms with Crippen LogP contribution in [0.3, 0.4) is 0 Å². The molecule has 0 spiro atoms. The molecule has 150 valence electrons. The fraction of sp³-hybridized carbons (Fsp3) is 0.400. The lowest BCUT2D eigenvalue weighted by molar-refractivity contribution is 0.0926. The standard InChI is InChI=1S/C20H22Cl2FN3O2/c1-11(17-14(21)7-8-15(23)18(17)22)28-16-9-12(10-25-19(16)24)20(27)26-13-5-3-2-4-6-13/h7-11,13H,2-6H2,1H3,(H2,24,25)(H,26,27). The van der Waals surface area contributed by atoms with Gasteiger partial charge in [0.1, 0.15) is 11.9 Å². The summed E-state index contributed by atoms with van der Waals surface area (Å²) in [4.78, 5) is 16.6. The van der Waals surface area contributed by atoms with Gasteiger partial charge < -0.3 is 15.8 Å². The summed E-state index contributed by atoms with van der Waals surface area (Å²) in [6, 6.07) is 4.30. The number of pyridine rings is 1. The summed E-state index contributed by atoms with van der Waals surface area (Å²) in [5, 5.41) is 3.19. The maximum absolute atomic E-state index is 13.8. The Morgan fingerprint density at radius 2 is 2.04 bits per heavy atom. The van der Waals surface area contributed by atoms with Gasteiger partial charge in [0.15, 0.2) is 11.6 Å². The highest BCUT2D eigenvalue weighted by Crippen LogP contribution is 2.36. The van der Waals surface area contributed by atoms with Crippen LogP contribution in [0.2, 0.25) is 10.0 Å². The number of aromatic nitrogens is 1. The number of benzene rings is 1. The minimum Gasteiger partial charge on any atom is -0.482 e. The van der Waals surface area contributed by atoms with Crippen molar-refractivity contribution < 1.29 is 13.9 Å². The summed E-state index contributed by atoms with van der Waals surface area (Å²) in [7, 11) is 0. The zero-order valence-electron chi connectivity index (χ0n) is 15.5. The molecule has 1 aromatic heterocycles. The normalized spacial score (nSPS) is 15.9. The van der Waals surface area contributed by atoms with Crippen molar-refractivity contribution in [2.45, 2.75) is 51.2 Å². The number of amides is 1.